The molecule has 0 unspecified atom stereocenters. The summed E-state index contributed by atoms with van der Waals surface area (Å²) in [6.07, 6.45) is 8.45. The zero-order valence-corrected chi connectivity index (χ0v) is 18.7. The van der Waals surface area contributed by atoms with Gasteiger partial charge < -0.3 is 15.5 Å². The average Bonchev–Trinajstić information content (AvgIpc) is 3.52. The minimum Gasteiger partial charge on any atom is -0.359 e. The normalized spacial score (nSPS) is 21.5. The lowest BCUT2D eigenvalue weighted by Gasteiger charge is -2.34. The number of likely N-dealkylation sites (tertiary alicyclic amines) is 1. The number of carbonyl (C=O) groups excluding carboxylic acids is 1. The first-order chi connectivity index (χ1) is 12.2. The van der Waals surface area contributed by atoms with Gasteiger partial charge in [0.2, 0.25) is 5.91 Å². The Bertz CT molecular complexity index is 471. The molecule has 1 saturated heterocycles. The summed E-state index contributed by atoms with van der Waals surface area (Å²) in [7, 11) is 3.60. The fourth-order valence-corrected chi connectivity index (χ4v) is 3.85. The SMILES string of the molecule is CN=C(NCCN(CC1CC1)C1CC1)N1CCC(CC(=O)NC)CC1.I. The van der Waals surface area contributed by atoms with Gasteiger partial charge in [-0.1, -0.05) is 0 Å². The predicted molar refractivity (Wildman–Crippen MR) is 117 cm³/mol. The highest BCUT2D eigenvalue weighted by molar-refractivity contribution is 14.0. The van der Waals surface area contributed by atoms with Crippen molar-refractivity contribution in [2.45, 2.75) is 51.0 Å². The Kier molecular flexibility index (Phi) is 8.93. The molecule has 3 fully saturated rings. The largest absolute Gasteiger partial charge is 0.359 e. The number of halogens is 1. The first kappa shape index (κ1) is 21.7. The van der Waals surface area contributed by atoms with Crippen LogP contribution in [-0.2, 0) is 4.79 Å². The third-order valence-corrected chi connectivity index (χ3v) is 5.81. The second-order valence-electron chi connectivity index (χ2n) is 7.95. The summed E-state index contributed by atoms with van der Waals surface area (Å²) in [6.45, 7) is 5.41. The van der Waals surface area contributed by atoms with Crippen LogP contribution < -0.4 is 10.6 Å². The first-order valence-corrected chi connectivity index (χ1v) is 10.1. The van der Waals surface area contributed by atoms with E-state index in [0.29, 0.717) is 12.3 Å². The Morgan fingerprint density at radius 3 is 2.35 bits per heavy atom. The van der Waals surface area contributed by atoms with Crippen molar-refractivity contribution >= 4 is 35.8 Å². The number of amides is 1. The molecule has 6 nitrogen and oxygen atoms in total. The Morgan fingerprint density at radius 2 is 1.81 bits per heavy atom. The lowest BCUT2D eigenvalue weighted by atomic mass is 9.93. The van der Waals surface area contributed by atoms with Gasteiger partial charge in [-0.25, -0.2) is 0 Å². The molecule has 1 aliphatic heterocycles. The monoisotopic (exact) mass is 477 g/mol. The highest BCUT2D eigenvalue weighted by Crippen LogP contribution is 2.34. The van der Waals surface area contributed by atoms with Gasteiger partial charge in [-0.3, -0.25) is 14.7 Å². The van der Waals surface area contributed by atoms with Crippen LogP contribution in [0, 0.1) is 11.8 Å². The standard InChI is InChI=1S/C19H35N5O.HI/c1-20-18(25)13-15-7-10-23(11-8-15)19(21-2)22-9-12-24(17-5-6-17)14-16-3-4-16;/h15-17H,3-14H2,1-2H3,(H,20,25)(H,21,22);1H. The van der Waals surface area contributed by atoms with Crippen molar-refractivity contribution in [3.8, 4) is 0 Å². The molecule has 150 valence electrons. The molecular formula is C19H36IN5O. The Hall–Kier alpha value is -0.570. The van der Waals surface area contributed by atoms with Crippen LogP contribution in [0.2, 0.25) is 0 Å². The minimum absolute atomic E-state index is 0. The minimum atomic E-state index is 0. The van der Waals surface area contributed by atoms with Crippen LogP contribution >= 0.6 is 24.0 Å². The molecule has 0 spiro atoms. The van der Waals surface area contributed by atoms with Crippen LogP contribution in [0.3, 0.4) is 0 Å². The van der Waals surface area contributed by atoms with Gasteiger partial charge in [-0.2, -0.15) is 0 Å². The van der Waals surface area contributed by atoms with Gasteiger partial charge in [0.15, 0.2) is 5.96 Å². The molecule has 0 aromatic heterocycles. The topological polar surface area (TPSA) is 60.0 Å². The zero-order valence-electron chi connectivity index (χ0n) is 16.4. The summed E-state index contributed by atoms with van der Waals surface area (Å²) in [5.41, 5.74) is 0. The highest BCUT2D eigenvalue weighted by Gasteiger charge is 2.33. The van der Waals surface area contributed by atoms with Crippen molar-refractivity contribution in [1.82, 2.24) is 20.4 Å². The Morgan fingerprint density at radius 1 is 1.12 bits per heavy atom. The molecule has 1 heterocycles. The third kappa shape index (κ3) is 6.87. The van der Waals surface area contributed by atoms with Gasteiger partial charge >= 0.3 is 0 Å². The van der Waals surface area contributed by atoms with Crippen LogP contribution in [0.4, 0.5) is 0 Å². The van der Waals surface area contributed by atoms with E-state index in [4.69, 9.17) is 0 Å². The number of nitrogens with one attached hydrogen (secondary N) is 2. The van der Waals surface area contributed by atoms with E-state index in [1.807, 2.05) is 7.05 Å². The number of aliphatic imine (C=N–C) groups is 1. The van der Waals surface area contributed by atoms with E-state index in [1.54, 1.807) is 7.05 Å². The Balaban J connectivity index is 0.00000243. The molecule has 2 N–H and O–H groups in total. The lowest BCUT2D eigenvalue weighted by Crippen LogP contribution is -2.48. The summed E-state index contributed by atoms with van der Waals surface area (Å²) in [4.78, 5) is 21.0. The molecule has 3 aliphatic rings. The maximum absolute atomic E-state index is 11.5. The van der Waals surface area contributed by atoms with Gasteiger partial charge in [0.25, 0.3) is 0 Å². The third-order valence-electron chi connectivity index (χ3n) is 5.81. The zero-order chi connectivity index (χ0) is 17.6. The molecule has 3 rings (SSSR count). The molecule has 26 heavy (non-hydrogen) atoms. The average molecular weight is 477 g/mol. The van der Waals surface area contributed by atoms with Crippen molar-refractivity contribution in [2.24, 2.45) is 16.8 Å². The molecule has 0 radical (unpaired) electrons. The molecule has 0 bridgehead atoms. The number of piperidine rings is 1. The van der Waals surface area contributed by atoms with E-state index >= 15 is 0 Å². The molecule has 7 heteroatoms. The van der Waals surface area contributed by atoms with E-state index in [9.17, 15) is 4.79 Å². The van der Waals surface area contributed by atoms with Crippen molar-refractivity contribution < 1.29 is 4.79 Å². The summed E-state index contributed by atoms with van der Waals surface area (Å²) < 4.78 is 0. The number of hydrogen-bond acceptors (Lipinski definition) is 3. The number of nitrogens with zero attached hydrogens (tertiary/aromatic N) is 3. The first-order valence-electron chi connectivity index (χ1n) is 10.1. The van der Waals surface area contributed by atoms with Crippen LogP contribution in [0.5, 0.6) is 0 Å². The number of guanidine groups is 1. The molecule has 2 saturated carbocycles. The second-order valence-corrected chi connectivity index (χ2v) is 7.95. The van der Waals surface area contributed by atoms with Crippen LogP contribution in [-0.4, -0.2) is 74.5 Å². The van der Waals surface area contributed by atoms with Gasteiger partial charge in [-0.15, -0.1) is 24.0 Å². The quantitative estimate of drug-likeness (QED) is 0.319. The summed E-state index contributed by atoms with van der Waals surface area (Å²) >= 11 is 0. The fourth-order valence-electron chi connectivity index (χ4n) is 3.85. The molecule has 1 amide bonds. The van der Waals surface area contributed by atoms with Crippen molar-refractivity contribution in [2.75, 3.05) is 46.8 Å². The second kappa shape index (κ2) is 10.7. The summed E-state index contributed by atoms with van der Waals surface area (Å²) in [5.74, 6) is 2.68. The summed E-state index contributed by atoms with van der Waals surface area (Å²) in [6, 6.07) is 0.852. The van der Waals surface area contributed by atoms with Crippen molar-refractivity contribution in [3.05, 3.63) is 0 Å². The van der Waals surface area contributed by atoms with E-state index in [2.05, 4.69) is 25.4 Å². The van der Waals surface area contributed by atoms with Gasteiger partial charge in [-0.05, 0) is 50.4 Å². The maximum atomic E-state index is 11.5. The Labute approximate surface area is 175 Å². The van der Waals surface area contributed by atoms with Gasteiger partial charge in [0, 0.05) is 59.3 Å². The number of carbonyl (C=O) groups is 1. The fraction of sp³-hybridized carbons (Fsp3) is 0.895. The summed E-state index contributed by atoms with van der Waals surface area (Å²) in [5, 5.41) is 6.30. The van der Waals surface area contributed by atoms with Crippen molar-refractivity contribution in [3.63, 3.8) is 0 Å². The number of rotatable bonds is 8. The van der Waals surface area contributed by atoms with Gasteiger partial charge in [0.1, 0.15) is 0 Å². The molecule has 0 atom stereocenters. The van der Waals surface area contributed by atoms with Crippen LogP contribution in [0.1, 0.15) is 44.9 Å². The van der Waals surface area contributed by atoms with Crippen LogP contribution in [0.15, 0.2) is 4.99 Å². The van der Waals surface area contributed by atoms with E-state index in [-0.39, 0.29) is 29.9 Å². The maximum Gasteiger partial charge on any atom is 0.220 e. The van der Waals surface area contributed by atoms with Crippen LogP contribution in [0.25, 0.3) is 0 Å². The van der Waals surface area contributed by atoms with Crippen molar-refractivity contribution in [1.29, 1.82) is 0 Å². The molecular weight excluding hydrogens is 441 g/mol. The van der Waals surface area contributed by atoms with E-state index < -0.39 is 0 Å². The molecule has 0 aromatic rings. The smallest absolute Gasteiger partial charge is 0.220 e. The number of hydrogen-bond donors (Lipinski definition) is 2. The van der Waals surface area contributed by atoms with Gasteiger partial charge in [0.05, 0.1) is 0 Å². The molecule has 2 aliphatic carbocycles. The lowest BCUT2D eigenvalue weighted by molar-refractivity contribution is -0.121. The molecule has 0 aromatic carbocycles. The van der Waals surface area contributed by atoms with E-state index in [0.717, 1.165) is 56.9 Å². The van der Waals surface area contributed by atoms with E-state index in [1.165, 1.54) is 32.2 Å². The predicted octanol–water partition coefficient (Wildman–Crippen LogP) is 1.90. The highest BCUT2D eigenvalue weighted by atomic mass is 127.